The van der Waals surface area contributed by atoms with Crippen molar-refractivity contribution in [1.29, 1.82) is 0 Å². The van der Waals surface area contributed by atoms with Crippen LogP contribution in [0.15, 0.2) is 53.5 Å². The molecule has 0 radical (unpaired) electrons. The van der Waals surface area contributed by atoms with Crippen molar-refractivity contribution >= 4 is 17.3 Å². The zero-order chi connectivity index (χ0) is 19.0. The minimum absolute atomic E-state index is 0.139. The predicted molar refractivity (Wildman–Crippen MR) is 92.7 cm³/mol. The summed E-state index contributed by atoms with van der Waals surface area (Å²) in [6.45, 7) is 1.01. The summed E-state index contributed by atoms with van der Waals surface area (Å²) >= 11 is 0. The third-order valence-corrected chi connectivity index (χ3v) is 3.13. The fourth-order valence-electron chi connectivity index (χ4n) is 2.04. The predicted octanol–water partition coefficient (Wildman–Crippen LogP) is 3.95. The van der Waals surface area contributed by atoms with E-state index in [1.54, 1.807) is 12.1 Å². The van der Waals surface area contributed by atoms with Crippen molar-refractivity contribution in [2.75, 3.05) is 23.7 Å². The van der Waals surface area contributed by atoms with Gasteiger partial charge in [0.05, 0.1) is 0 Å². The molecule has 0 aliphatic rings. The van der Waals surface area contributed by atoms with Gasteiger partial charge in [-0.05, 0) is 48.9 Å². The molecule has 0 fully saturated rings. The van der Waals surface area contributed by atoms with Gasteiger partial charge in [0.1, 0.15) is 11.6 Å². The Morgan fingerprint density at radius 3 is 2.46 bits per heavy atom. The third-order valence-electron chi connectivity index (χ3n) is 3.13. The smallest absolute Gasteiger partial charge is 0.406 e. The Balaban J connectivity index is 1.72. The summed E-state index contributed by atoms with van der Waals surface area (Å²) in [5.74, 6) is -0.490. The van der Waals surface area contributed by atoms with Crippen molar-refractivity contribution in [2.45, 2.75) is 12.8 Å². The van der Waals surface area contributed by atoms with Crippen LogP contribution in [0.2, 0.25) is 0 Å². The first-order chi connectivity index (χ1) is 12.3. The number of halogens is 4. The Morgan fingerprint density at radius 2 is 1.81 bits per heavy atom. The van der Waals surface area contributed by atoms with Gasteiger partial charge in [-0.3, -0.25) is 4.99 Å². The van der Waals surface area contributed by atoms with Crippen LogP contribution in [0.3, 0.4) is 0 Å². The molecule has 0 saturated heterocycles. The molecule has 0 heterocycles. The molecule has 5 nitrogen and oxygen atoms in total. The molecule has 0 aliphatic carbocycles. The number of ether oxygens (including phenoxy) is 1. The van der Waals surface area contributed by atoms with E-state index in [-0.39, 0.29) is 17.5 Å². The number of nitrogens with two attached hydrogens (primary N) is 1. The summed E-state index contributed by atoms with van der Waals surface area (Å²) in [7, 11) is 0. The van der Waals surface area contributed by atoms with Crippen molar-refractivity contribution in [3.05, 3.63) is 54.3 Å². The highest BCUT2D eigenvalue weighted by Crippen LogP contribution is 2.23. The van der Waals surface area contributed by atoms with Gasteiger partial charge in [-0.1, -0.05) is 6.07 Å². The Bertz CT molecular complexity index is 732. The molecule has 9 heteroatoms. The van der Waals surface area contributed by atoms with E-state index in [9.17, 15) is 17.6 Å². The summed E-state index contributed by atoms with van der Waals surface area (Å²) in [6.07, 6.45) is -4.06. The number of nitrogens with one attached hydrogen (secondary N) is 2. The number of anilines is 2. The number of benzene rings is 2. The Hall–Kier alpha value is -2.97. The molecule has 0 unspecified atom stereocenters. The van der Waals surface area contributed by atoms with Gasteiger partial charge in [0, 0.05) is 24.5 Å². The highest BCUT2D eigenvalue weighted by atomic mass is 19.4. The second-order valence-electron chi connectivity index (χ2n) is 5.25. The lowest BCUT2D eigenvalue weighted by atomic mass is 10.3. The van der Waals surface area contributed by atoms with E-state index in [0.717, 1.165) is 0 Å². The van der Waals surface area contributed by atoms with E-state index in [1.165, 1.54) is 36.4 Å². The molecule has 2 rings (SSSR count). The van der Waals surface area contributed by atoms with Crippen molar-refractivity contribution in [3.8, 4) is 5.75 Å². The van der Waals surface area contributed by atoms with Gasteiger partial charge in [-0.2, -0.15) is 0 Å². The minimum atomic E-state index is -4.73. The molecule has 0 aliphatic heterocycles. The number of guanidine groups is 1. The lowest BCUT2D eigenvalue weighted by Crippen LogP contribution is -2.23. The SMILES string of the molecule is NC(=NCCCNc1cccc(F)c1)Nc1ccc(OC(F)(F)F)cc1. The van der Waals surface area contributed by atoms with E-state index < -0.39 is 6.36 Å². The first kappa shape index (κ1) is 19.4. The van der Waals surface area contributed by atoms with Gasteiger partial charge in [0.2, 0.25) is 0 Å². The first-order valence-electron chi connectivity index (χ1n) is 7.74. The van der Waals surface area contributed by atoms with Crippen LogP contribution >= 0.6 is 0 Å². The third kappa shape index (κ3) is 7.29. The van der Waals surface area contributed by atoms with Crippen LogP contribution in [0.1, 0.15) is 6.42 Å². The van der Waals surface area contributed by atoms with E-state index in [4.69, 9.17) is 5.73 Å². The standard InChI is InChI=1S/C17H18F4N4O/c18-12-3-1-4-14(11-12)23-9-2-10-24-16(22)25-13-5-7-15(8-6-13)26-17(19,20)21/h1,3-8,11,23H,2,9-10H2,(H3,22,24,25). The topological polar surface area (TPSA) is 71.7 Å². The molecular weight excluding hydrogens is 352 g/mol. The van der Waals surface area contributed by atoms with Gasteiger partial charge >= 0.3 is 6.36 Å². The fraction of sp³-hybridized carbons (Fsp3) is 0.235. The molecule has 0 aromatic heterocycles. The van der Waals surface area contributed by atoms with E-state index >= 15 is 0 Å². The second kappa shape index (κ2) is 8.93. The summed E-state index contributed by atoms with van der Waals surface area (Å²) in [6, 6.07) is 11.3. The van der Waals surface area contributed by atoms with Crippen molar-refractivity contribution in [1.82, 2.24) is 0 Å². The maximum Gasteiger partial charge on any atom is 0.573 e. The molecule has 2 aromatic rings. The second-order valence-corrected chi connectivity index (χ2v) is 5.25. The Kier molecular flexibility index (Phi) is 6.65. The Labute approximate surface area is 147 Å². The molecular formula is C17H18F4N4O. The molecule has 0 spiro atoms. The fourth-order valence-corrected chi connectivity index (χ4v) is 2.04. The number of aliphatic imine (C=N–C) groups is 1. The molecule has 0 atom stereocenters. The molecule has 0 amide bonds. The van der Waals surface area contributed by atoms with Crippen LogP contribution in [0.4, 0.5) is 28.9 Å². The zero-order valence-corrected chi connectivity index (χ0v) is 13.7. The van der Waals surface area contributed by atoms with Crippen molar-refractivity contribution in [2.24, 2.45) is 10.7 Å². The monoisotopic (exact) mass is 370 g/mol. The van der Waals surface area contributed by atoms with Crippen molar-refractivity contribution < 1.29 is 22.3 Å². The normalized spacial score (nSPS) is 11.9. The number of nitrogens with zero attached hydrogens (tertiary/aromatic N) is 1. The average molecular weight is 370 g/mol. The molecule has 0 saturated carbocycles. The summed E-state index contributed by atoms with van der Waals surface area (Å²) in [5, 5.41) is 5.83. The number of hydrogen-bond acceptors (Lipinski definition) is 3. The van der Waals surface area contributed by atoms with Gasteiger partial charge in [-0.15, -0.1) is 13.2 Å². The van der Waals surface area contributed by atoms with E-state index in [1.807, 2.05) is 0 Å². The molecule has 2 aromatic carbocycles. The lowest BCUT2D eigenvalue weighted by Gasteiger charge is -2.10. The van der Waals surface area contributed by atoms with Crippen molar-refractivity contribution in [3.63, 3.8) is 0 Å². The maximum absolute atomic E-state index is 13.0. The number of hydrogen-bond donors (Lipinski definition) is 3. The van der Waals surface area contributed by atoms with Crippen LogP contribution < -0.4 is 21.1 Å². The summed E-state index contributed by atoms with van der Waals surface area (Å²) < 4.78 is 53.0. The van der Waals surface area contributed by atoms with Gasteiger partial charge in [-0.25, -0.2) is 4.39 Å². The van der Waals surface area contributed by atoms with Crippen LogP contribution in [0, 0.1) is 5.82 Å². The highest BCUT2D eigenvalue weighted by Gasteiger charge is 2.30. The summed E-state index contributed by atoms with van der Waals surface area (Å²) in [4.78, 5) is 4.11. The largest absolute Gasteiger partial charge is 0.573 e. The molecule has 0 bridgehead atoms. The lowest BCUT2D eigenvalue weighted by molar-refractivity contribution is -0.274. The molecule has 26 heavy (non-hydrogen) atoms. The summed E-state index contributed by atoms with van der Waals surface area (Å²) in [5.41, 5.74) is 6.88. The number of rotatable bonds is 7. The van der Waals surface area contributed by atoms with Crippen LogP contribution in [-0.2, 0) is 0 Å². The average Bonchev–Trinajstić information content (AvgIpc) is 2.55. The molecule has 140 valence electrons. The maximum atomic E-state index is 13.0. The van der Waals surface area contributed by atoms with Crippen LogP contribution in [0.25, 0.3) is 0 Å². The molecule has 4 N–H and O–H groups in total. The van der Waals surface area contributed by atoms with Gasteiger partial charge < -0.3 is 21.1 Å². The first-order valence-corrected chi connectivity index (χ1v) is 7.74. The zero-order valence-electron chi connectivity index (χ0n) is 13.7. The van der Waals surface area contributed by atoms with Gasteiger partial charge in [0.15, 0.2) is 5.96 Å². The Morgan fingerprint density at radius 1 is 1.08 bits per heavy atom. The van der Waals surface area contributed by atoms with E-state index in [0.29, 0.717) is 30.9 Å². The van der Waals surface area contributed by atoms with Crippen LogP contribution in [-0.4, -0.2) is 25.4 Å². The number of alkyl halides is 3. The van der Waals surface area contributed by atoms with E-state index in [2.05, 4.69) is 20.4 Å². The quantitative estimate of drug-likeness (QED) is 0.299. The minimum Gasteiger partial charge on any atom is -0.406 e. The van der Waals surface area contributed by atoms with Crippen LogP contribution in [0.5, 0.6) is 5.75 Å². The van der Waals surface area contributed by atoms with Gasteiger partial charge in [0.25, 0.3) is 0 Å². The highest BCUT2D eigenvalue weighted by molar-refractivity contribution is 5.92.